The van der Waals surface area contributed by atoms with Crippen LogP contribution in [0.25, 0.3) is 0 Å². The van der Waals surface area contributed by atoms with Crippen molar-refractivity contribution in [2.75, 3.05) is 34.4 Å². The third-order valence-electron chi connectivity index (χ3n) is 5.43. The molecule has 0 unspecified atom stereocenters. The molecule has 0 spiro atoms. The van der Waals surface area contributed by atoms with Gasteiger partial charge in [-0.1, -0.05) is 26.0 Å². The van der Waals surface area contributed by atoms with Crippen molar-refractivity contribution >= 4 is 17.3 Å². The molecule has 6 heteroatoms. The minimum atomic E-state index is -0.0109. The molecule has 1 aliphatic heterocycles. The molecule has 3 rings (SSSR count). The first-order valence-corrected chi connectivity index (χ1v) is 10.3. The number of thiocarbonyl (C=S) groups is 1. The topological polar surface area (TPSA) is 43.0 Å². The van der Waals surface area contributed by atoms with E-state index >= 15 is 0 Å². The summed E-state index contributed by atoms with van der Waals surface area (Å²) in [5.41, 5.74) is 3.70. The van der Waals surface area contributed by atoms with Crippen molar-refractivity contribution in [3.63, 3.8) is 0 Å². The predicted octanol–water partition coefficient (Wildman–Crippen LogP) is 4.31. The second kappa shape index (κ2) is 9.35. The van der Waals surface area contributed by atoms with Gasteiger partial charge in [0.2, 0.25) is 0 Å². The molecule has 1 N–H and O–H groups in total. The molecule has 0 bridgehead atoms. The molecule has 0 aromatic heterocycles. The number of methoxy groups -OCH3 is 2. The number of rotatable bonds is 6. The van der Waals surface area contributed by atoms with E-state index < -0.39 is 0 Å². The van der Waals surface area contributed by atoms with Gasteiger partial charge >= 0.3 is 0 Å². The lowest BCUT2D eigenvalue weighted by Crippen LogP contribution is -2.46. The number of hydrogen-bond acceptors (Lipinski definition) is 4. The molecule has 1 heterocycles. The van der Waals surface area contributed by atoms with Gasteiger partial charge in [-0.25, -0.2) is 0 Å². The Labute approximate surface area is 179 Å². The van der Waals surface area contributed by atoms with Crippen molar-refractivity contribution in [2.24, 2.45) is 0 Å². The van der Waals surface area contributed by atoms with Crippen LogP contribution in [0, 0.1) is 0 Å². The third-order valence-corrected chi connectivity index (χ3v) is 5.87. The summed E-state index contributed by atoms with van der Waals surface area (Å²) in [5, 5.41) is 3.83. The van der Waals surface area contributed by atoms with Gasteiger partial charge in [0.1, 0.15) is 12.4 Å². The number of benzene rings is 2. The van der Waals surface area contributed by atoms with E-state index in [0.717, 1.165) is 35.8 Å². The van der Waals surface area contributed by atoms with E-state index in [1.54, 1.807) is 14.2 Å². The highest BCUT2D eigenvalue weighted by atomic mass is 32.1. The maximum Gasteiger partial charge on any atom is 0.169 e. The lowest BCUT2D eigenvalue weighted by molar-refractivity contribution is 0.187. The first-order valence-electron chi connectivity index (χ1n) is 9.94. The Kier molecular flexibility index (Phi) is 6.85. The SMILES string of the molecule is CNC(=S)N1CCc2cc(OC)c(OC)cc2[C@H]1COc1ccc(C(C)C)cc1. The fourth-order valence-electron chi connectivity index (χ4n) is 3.72. The third kappa shape index (κ3) is 4.58. The van der Waals surface area contributed by atoms with Gasteiger partial charge in [0.25, 0.3) is 0 Å². The Bertz CT molecular complexity index is 852. The summed E-state index contributed by atoms with van der Waals surface area (Å²) in [6.45, 7) is 5.69. The van der Waals surface area contributed by atoms with E-state index in [9.17, 15) is 0 Å². The van der Waals surface area contributed by atoms with Crippen LogP contribution < -0.4 is 19.5 Å². The maximum absolute atomic E-state index is 6.19. The summed E-state index contributed by atoms with van der Waals surface area (Å²) in [6, 6.07) is 12.4. The molecule has 156 valence electrons. The van der Waals surface area contributed by atoms with Crippen molar-refractivity contribution < 1.29 is 14.2 Å². The van der Waals surface area contributed by atoms with Crippen LogP contribution in [-0.2, 0) is 6.42 Å². The largest absolute Gasteiger partial charge is 0.493 e. The van der Waals surface area contributed by atoms with E-state index in [2.05, 4.69) is 48.3 Å². The van der Waals surface area contributed by atoms with Crippen LogP contribution in [0.5, 0.6) is 17.2 Å². The number of ether oxygens (including phenoxy) is 3. The van der Waals surface area contributed by atoms with Gasteiger partial charge in [-0.3, -0.25) is 0 Å². The van der Waals surface area contributed by atoms with Gasteiger partial charge in [0.05, 0.1) is 20.3 Å². The maximum atomic E-state index is 6.19. The van der Waals surface area contributed by atoms with E-state index in [1.807, 2.05) is 19.2 Å². The molecule has 0 saturated heterocycles. The zero-order valence-corrected chi connectivity index (χ0v) is 18.6. The number of nitrogens with one attached hydrogen (secondary N) is 1. The highest BCUT2D eigenvalue weighted by Gasteiger charge is 2.31. The van der Waals surface area contributed by atoms with Gasteiger partial charge in [-0.2, -0.15) is 0 Å². The minimum absolute atomic E-state index is 0.0109. The second-order valence-electron chi connectivity index (χ2n) is 7.46. The Morgan fingerprint density at radius 3 is 2.38 bits per heavy atom. The fraction of sp³-hybridized carbons (Fsp3) is 0.435. The molecule has 1 atom stereocenters. The zero-order chi connectivity index (χ0) is 21.0. The standard InChI is InChI=1S/C23H30N2O3S/c1-15(2)16-6-8-18(9-7-16)28-14-20-19-13-22(27-5)21(26-4)12-17(19)10-11-25(20)23(29)24-3/h6-9,12-13,15,20H,10-11,14H2,1-5H3,(H,24,29)/t20-/m1/s1. The van der Waals surface area contributed by atoms with Gasteiger partial charge in [0, 0.05) is 13.6 Å². The molecule has 0 amide bonds. The van der Waals surface area contributed by atoms with E-state index in [1.165, 1.54) is 11.1 Å². The lowest BCUT2D eigenvalue weighted by Gasteiger charge is -2.39. The van der Waals surface area contributed by atoms with Crippen molar-refractivity contribution in [1.82, 2.24) is 10.2 Å². The molecule has 0 aliphatic carbocycles. The summed E-state index contributed by atoms with van der Waals surface area (Å²) in [6.07, 6.45) is 0.886. The quantitative estimate of drug-likeness (QED) is 0.711. The van der Waals surface area contributed by atoms with Crippen molar-refractivity contribution in [2.45, 2.75) is 32.2 Å². The highest BCUT2D eigenvalue weighted by molar-refractivity contribution is 7.80. The van der Waals surface area contributed by atoms with Crippen molar-refractivity contribution in [3.05, 3.63) is 53.1 Å². The minimum Gasteiger partial charge on any atom is -0.493 e. The molecule has 1 aliphatic rings. The first-order chi connectivity index (χ1) is 14.0. The predicted molar refractivity (Wildman–Crippen MR) is 120 cm³/mol. The summed E-state index contributed by atoms with van der Waals surface area (Å²) >= 11 is 5.57. The van der Waals surface area contributed by atoms with Crippen LogP contribution in [-0.4, -0.2) is 44.4 Å². The zero-order valence-electron chi connectivity index (χ0n) is 17.8. The Balaban J connectivity index is 1.89. The Hall–Kier alpha value is -2.47. The second-order valence-corrected chi connectivity index (χ2v) is 7.84. The van der Waals surface area contributed by atoms with Crippen LogP contribution in [0.3, 0.4) is 0 Å². The molecule has 0 saturated carbocycles. The number of hydrogen-bond donors (Lipinski definition) is 1. The monoisotopic (exact) mass is 414 g/mol. The van der Waals surface area contributed by atoms with Gasteiger partial charge in [-0.15, -0.1) is 0 Å². The molecule has 5 nitrogen and oxygen atoms in total. The van der Waals surface area contributed by atoms with Crippen molar-refractivity contribution in [1.29, 1.82) is 0 Å². The number of nitrogens with zero attached hydrogens (tertiary/aromatic N) is 1. The molecular weight excluding hydrogens is 384 g/mol. The first kappa shape index (κ1) is 21.2. The van der Waals surface area contributed by atoms with Gasteiger partial charge in [0.15, 0.2) is 16.6 Å². The highest BCUT2D eigenvalue weighted by Crippen LogP contribution is 2.38. The summed E-state index contributed by atoms with van der Waals surface area (Å²) in [7, 11) is 5.18. The fourth-order valence-corrected chi connectivity index (χ4v) is 3.94. The molecule has 0 fully saturated rings. The van der Waals surface area contributed by atoms with Crippen LogP contribution in [0.4, 0.5) is 0 Å². The van der Waals surface area contributed by atoms with Crippen LogP contribution >= 0.6 is 12.2 Å². The van der Waals surface area contributed by atoms with Gasteiger partial charge < -0.3 is 24.4 Å². The molecular formula is C23H30N2O3S. The van der Waals surface area contributed by atoms with Crippen molar-refractivity contribution in [3.8, 4) is 17.2 Å². The smallest absolute Gasteiger partial charge is 0.169 e. The van der Waals surface area contributed by atoms with Crippen LogP contribution in [0.1, 0.15) is 42.5 Å². The summed E-state index contributed by atoms with van der Waals surface area (Å²) in [4.78, 5) is 2.19. The molecule has 29 heavy (non-hydrogen) atoms. The van der Waals surface area contributed by atoms with E-state index in [-0.39, 0.29) is 6.04 Å². The Morgan fingerprint density at radius 2 is 1.79 bits per heavy atom. The Morgan fingerprint density at radius 1 is 1.14 bits per heavy atom. The van der Waals surface area contributed by atoms with E-state index in [0.29, 0.717) is 17.6 Å². The molecule has 0 radical (unpaired) electrons. The average Bonchev–Trinajstić information content (AvgIpc) is 2.75. The van der Waals surface area contributed by atoms with E-state index in [4.69, 9.17) is 26.4 Å². The van der Waals surface area contributed by atoms with Crippen LogP contribution in [0.2, 0.25) is 0 Å². The average molecular weight is 415 g/mol. The van der Waals surface area contributed by atoms with Crippen LogP contribution in [0.15, 0.2) is 36.4 Å². The van der Waals surface area contributed by atoms with Gasteiger partial charge in [-0.05, 0) is 65.5 Å². The molecule has 2 aromatic rings. The number of fused-ring (bicyclic) bond motifs is 1. The molecule has 2 aromatic carbocycles. The normalized spacial score (nSPS) is 15.7. The lowest BCUT2D eigenvalue weighted by atomic mass is 9.92. The summed E-state index contributed by atoms with van der Waals surface area (Å²) < 4.78 is 17.2. The summed E-state index contributed by atoms with van der Waals surface area (Å²) in [5.74, 6) is 2.83.